The maximum absolute atomic E-state index is 4.49. The van der Waals surface area contributed by atoms with Crippen LogP contribution in [0.25, 0.3) is 10.8 Å². The molecule has 1 atom stereocenters. The van der Waals surface area contributed by atoms with E-state index in [9.17, 15) is 0 Å². The number of aromatic amines is 1. The molecule has 0 radical (unpaired) electrons. The molecule has 2 N–H and O–H groups in total. The van der Waals surface area contributed by atoms with E-state index in [1.165, 1.54) is 6.33 Å². The van der Waals surface area contributed by atoms with E-state index >= 15 is 0 Å². The average Bonchev–Trinajstić information content (AvgIpc) is 2.89. The van der Waals surface area contributed by atoms with E-state index in [0.717, 1.165) is 23.1 Å². The lowest BCUT2D eigenvalue weighted by atomic mass is 10.2. The Morgan fingerprint density at radius 3 is 3.13 bits per heavy atom. The van der Waals surface area contributed by atoms with Crippen LogP contribution >= 0.6 is 11.3 Å². The number of nitrogens with zero attached hydrogens (tertiary/aromatic N) is 3. The molecule has 2 rings (SSSR count). The normalized spacial score (nSPS) is 12.9. The topological polar surface area (TPSA) is 66.5 Å². The summed E-state index contributed by atoms with van der Waals surface area (Å²) in [5.41, 5.74) is 1.05. The van der Waals surface area contributed by atoms with Crippen molar-refractivity contribution in [2.45, 2.75) is 19.9 Å². The first-order valence-electron chi connectivity index (χ1n) is 4.85. The number of H-pyrrole nitrogens is 1. The zero-order chi connectivity index (χ0) is 10.7. The number of nitrogens with one attached hydrogen (secondary N) is 2. The number of thiazole rings is 1. The first kappa shape index (κ1) is 10.3. The molecule has 2 aromatic rings. The first-order chi connectivity index (χ1) is 7.31. The van der Waals surface area contributed by atoms with E-state index in [1.54, 1.807) is 11.3 Å². The molecule has 0 spiro atoms. The summed E-state index contributed by atoms with van der Waals surface area (Å²) >= 11 is 1.58. The molecule has 6 heteroatoms. The zero-order valence-electron chi connectivity index (χ0n) is 8.69. The summed E-state index contributed by atoms with van der Waals surface area (Å²) in [6.45, 7) is 5.12. The molecule has 5 nitrogen and oxygen atoms in total. The Morgan fingerprint density at radius 2 is 2.47 bits per heavy atom. The van der Waals surface area contributed by atoms with Gasteiger partial charge in [-0.05, 0) is 13.5 Å². The third kappa shape index (κ3) is 2.21. The highest BCUT2D eigenvalue weighted by molar-refractivity contribution is 7.13. The molecule has 0 bridgehead atoms. The number of rotatable bonds is 4. The summed E-state index contributed by atoms with van der Waals surface area (Å²) in [6, 6.07) is 0.280. The van der Waals surface area contributed by atoms with E-state index in [-0.39, 0.29) is 6.04 Å². The van der Waals surface area contributed by atoms with Crippen LogP contribution in [0.15, 0.2) is 11.7 Å². The van der Waals surface area contributed by atoms with Crippen LogP contribution in [0.1, 0.15) is 25.6 Å². The molecule has 80 valence electrons. The SMILES string of the molecule is CCNC(C)c1csc(-c2ncn[nH]2)n1. The average molecular weight is 223 g/mol. The standard InChI is InChI=1S/C9H13N5S/c1-3-10-6(2)7-4-15-9(13-7)8-11-5-12-14-8/h4-6,10H,3H2,1-2H3,(H,11,12,14). The van der Waals surface area contributed by atoms with Crippen LogP contribution in [0.4, 0.5) is 0 Å². The van der Waals surface area contributed by atoms with E-state index in [1.807, 2.05) is 5.38 Å². The molecule has 15 heavy (non-hydrogen) atoms. The van der Waals surface area contributed by atoms with Crippen molar-refractivity contribution in [2.75, 3.05) is 6.54 Å². The van der Waals surface area contributed by atoms with Gasteiger partial charge in [-0.25, -0.2) is 9.97 Å². The smallest absolute Gasteiger partial charge is 0.184 e. The molecule has 0 saturated heterocycles. The molecule has 0 aliphatic rings. The van der Waals surface area contributed by atoms with Crippen molar-refractivity contribution in [1.82, 2.24) is 25.5 Å². The van der Waals surface area contributed by atoms with Gasteiger partial charge in [0.25, 0.3) is 0 Å². The molecule has 0 aliphatic carbocycles. The number of hydrogen-bond acceptors (Lipinski definition) is 5. The summed E-state index contributed by atoms with van der Waals surface area (Å²) in [6.07, 6.45) is 1.49. The predicted octanol–water partition coefficient (Wildman–Crippen LogP) is 1.60. The zero-order valence-corrected chi connectivity index (χ0v) is 9.51. The van der Waals surface area contributed by atoms with E-state index in [2.05, 4.69) is 39.3 Å². The Hall–Kier alpha value is -1.27. The van der Waals surface area contributed by atoms with Crippen LogP contribution in [-0.2, 0) is 0 Å². The van der Waals surface area contributed by atoms with Crippen molar-refractivity contribution in [1.29, 1.82) is 0 Å². The largest absolute Gasteiger partial charge is 0.309 e. The molecule has 0 saturated carbocycles. The van der Waals surface area contributed by atoms with Gasteiger partial charge in [0.05, 0.1) is 5.69 Å². The molecule has 2 heterocycles. The lowest BCUT2D eigenvalue weighted by molar-refractivity contribution is 0.586. The fraction of sp³-hybridized carbons (Fsp3) is 0.444. The predicted molar refractivity (Wildman–Crippen MR) is 59.6 cm³/mol. The molecule has 0 amide bonds. The Bertz CT molecular complexity index is 408. The van der Waals surface area contributed by atoms with E-state index < -0.39 is 0 Å². The fourth-order valence-electron chi connectivity index (χ4n) is 1.31. The van der Waals surface area contributed by atoms with E-state index in [4.69, 9.17) is 0 Å². The van der Waals surface area contributed by atoms with Crippen LogP contribution in [0.5, 0.6) is 0 Å². The highest BCUT2D eigenvalue weighted by Gasteiger charge is 2.11. The second kappa shape index (κ2) is 4.50. The lowest BCUT2D eigenvalue weighted by Gasteiger charge is -2.07. The van der Waals surface area contributed by atoms with Gasteiger partial charge >= 0.3 is 0 Å². The first-order valence-corrected chi connectivity index (χ1v) is 5.73. The summed E-state index contributed by atoms with van der Waals surface area (Å²) in [5.74, 6) is 0.731. The highest BCUT2D eigenvalue weighted by atomic mass is 32.1. The van der Waals surface area contributed by atoms with Crippen molar-refractivity contribution < 1.29 is 0 Å². The van der Waals surface area contributed by atoms with Gasteiger partial charge in [0, 0.05) is 11.4 Å². The summed E-state index contributed by atoms with van der Waals surface area (Å²) in [5, 5.41) is 12.9. The van der Waals surface area contributed by atoms with Gasteiger partial charge in [-0.3, -0.25) is 5.10 Å². The Kier molecular flexibility index (Phi) is 3.08. The summed E-state index contributed by atoms with van der Waals surface area (Å²) in [4.78, 5) is 8.56. The van der Waals surface area contributed by atoms with Gasteiger partial charge in [-0.2, -0.15) is 5.10 Å². The number of aromatic nitrogens is 4. The van der Waals surface area contributed by atoms with Crippen LogP contribution in [0.3, 0.4) is 0 Å². The third-order valence-corrected chi connectivity index (χ3v) is 2.96. The van der Waals surface area contributed by atoms with E-state index in [0.29, 0.717) is 0 Å². The molecule has 2 aromatic heterocycles. The van der Waals surface area contributed by atoms with Gasteiger partial charge < -0.3 is 5.32 Å². The van der Waals surface area contributed by atoms with Gasteiger partial charge in [-0.15, -0.1) is 11.3 Å². The van der Waals surface area contributed by atoms with Crippen LogP contribution in [0, 0.1) is 0 Å². The Balaban J connectivity index is 2.17. The van der Waals surface area contributed by atoms with Gasteiger partial charge in [-0.1, -0.05) is 6.92 Å². The van der Waals surface area contributed by atoms with Crippen molar-refractivity contribution in [3.8, 4) is 10.8 Å². The van der Waals surface area contributed by atoms with Crippen molar-refractivity contribution in [2.24, 2.45) is 0 Å². The van der Waals surface area contributed by atoms with Gasteiger partial charge in [0.2, 0.25) is 0 Å². The van der Waals surface area contributed by atoms with Crippen molar-refractivity contribution in [3.63, 3.8) is 0 Å². The monoisotopic (exact) mass is 223 g/mol. The molecular formula is C9H13N5S. The fourth-order valence-corrected chi connectivity index (χ4v) is 2.17. The Labute approximate surface area is 92.0 Å². The second-order valence-electron chi connectivity index (χ2n) is 3.19. The molecule has 0 aliphatic heterocycles. The molecule has 0 aromatic carbocycles. The van der Waals surface area contributed by atoms with Crippen LogP contribution in [-0.4, -0.2) is 26.7 Å². The highest BCUT2D eigenvalue weighted by Crippen LogP contribution is 2.22. The Morgan fingerprint density at radius 1 is 1.60 bits per heavy atom. The minimum Gasteiger partial charge on any atom is -0.309 e. The van der Waals surface area contributed by atoms with Gasteiger partial charge in [0.15, 0.2) is 10.8 Å². The maximum Gasteiger partial charge on any atom is 0.184 e. The molecule has 1 unspecified atom stereocenters. The minimum absolute atomic E-state index is 0.280. The summed E-state index contributed by atoms with van der Waals surface area (Å²) < 4.78 is 0. The van der Waals surface area contributed by atoms with Crippen LogP contribution in [0.2, 0.25) is 0 Å². The molecular weight excluding hydrogens is 210 g/mol. The maximum atomic E-state index is 4.49. The second-order valence-corrected chi connectivity index (χ2v) is 4.05. The number of hydrogen-bond donors (Lipinski definition) is 2. The van der Waals surface area contributed by atoms with Gasteiger partial charge in [0.1, 0.15) is 6.33 Å². The van der Waals surface area contributed by atoms with Crippen LogP contribution < -0.4 is 5.32 Å². The quantitative estimate of drug-likeness (QED) is 0.826. The molecule has 0 fully saturated rings. The van der Waals surface area contributed by atoms with Crippen molar-refractivity contribution >= 4 is 11.3 Å². The minimum atomic E-state index is 0.280. The summed E-state index contributed by atoms with van der Waals surface area (Å²) in [7, 11) is 0. The third-order valence-electron chi connectivity index (χ3n) is 2.09. The lowest BCUT2D eigenvalue weighted by Crippen LogP contribution is -2.17. The van der Waals surface area contributed by atoms with Crippen molar-refractivity contribution in [3.05, 3.63) is 17.4 Å².